The monoisotopic (exact) mass is 357 g/mol. The molecule has 0 atom stereocenters. The van der Waals surface area contributed by atoms with Crippen LogP contribution in [-0.4, -0.2) is 37.7 Å². The quantitative estimate of drug-likeness (QED) is 0.347. The molecule has 0 aliphatic heterocycles. The number of methoxy groups -OCH3 is 1. The van der Waals surface area contributed by atoms with Gasteiger partial charge in [-0.25, -0.2) is 0 Å². The smallest absolute Gasteiger partial charge is 0.307 e. The van der Waals surface area contributed by atoms with Crippen LogP contribution >= 0.6 is 24.0 Å². The van der Waals surface area contributed by atoms with Crippen LogP contribution in [0.2, 0.25) is 0 Å². The number of guanidine groups is 1. The molecule has 17 heavy (non-hydrogen) atoms. The second-order valence-electron chi connectivity index (χ2n) is 4.46. The zero-order valence-electron chi connectivity index (χ0n) is 11.3. The number of ether oxygens (including phenoxy) is 1. The molecule has 6 heteroatoms. The number of esters is 1. The van der Waals surface area contributed by atoms with Crippen LogP contribution in [0.5, 0.6) is 0 Å². The van der Waals surface area contributed by atoms with Crippen molar-refractivity contribution in [3.63, 3.8) is 0 Å². The van der Waals surface area contributed by atoms with Crippen molar-refractivity contribution in [2.24, 2.45) is 4.99 Å². The van der Waals surface area contributed by atoms with Crippen LogP contribution in [-0.2, 0) is 9.53 Å². The first-order valence-corrected chi connectivity index (χ1v) is 5.52. The lowest BCUT2D eigenvalue weighted by molar-refractivity contribution is -0.140. The number of halogens is 1. The molecule has 0 saturated carbocycles. The molecule has 0 spiro atoms. The summed E-state index contributed by atoms with van der Waals surface area (Å²) in [4.78, 5) is 15.2. The van der Waals surface area contributed by atoms with E-state index in [1.807, 2.05) is 6.92 Å². The Morgan fingerprint density at radius 1 is 1.35 bits per heavy atom. The summed E-state index contributed by atoms with van der Waals surface area (Å²) in [6, 6.07) is 0. The second kappa shape index (κ2) is 9.49. The van der Waals surface area contributed by atoms with E-state index in [9.17, 15) is 4.79 Å². The molecule has 0 aromatic carbocycles. The topological polar surface area (TPSA) is 62.7 Å². The normalized spacial score (nSPS) is 11.5. The lowest BCUT2D eigenvalue weighted by atomic mass is 10.1. The average molecular weight is 357 g/mol. The zero-order valence-corrected chi connectivity index (χ0v) is 13.6. The van der Waals surface area contributed by atoms with Crippen LogP contribution in [0.25, 0.3) is 0 Å². The highest BCUT2D eigenvalue weighted by molar-refractivity contribution is 14.0. The van der Waals surface area contributed by atoms with Crippen LogP contribution in [0.3, 0.4) is 0 Å². The first-order valence-electron chi connectivity index (χ1n) is 5.52. The van der Waals surface area contributed by atoms with Gasteiger partial charge in [0.25, 0.3) is 0 Å². The van der Waals surface area contributed by atoms with Crippen LogP contribution in [0, 0.1) is 0 Å². The fourth-order valence-electron chi connectivity index (χ4n) is 1.02. The Morgan fingerprint density at radius 2 is 1.94 bits per heavy atom. The van der Waals surface area contributed by atoms with E-state index in [0.717, 1.165) is 12.5 Å². The van der Waals surface area contributed by atoms with Crippen molar-refractivity contribution < 1.29 is 9.53 Å². The van der Waals surface area contributed by atoms with Gasteiger partial charge in [0.05, 0.1) is 20.1 Å². The highest BCUT2D eigenvalue weighted by atomic mass is 127. The predicted molar refractivity (Wildman–Crippen MR) is 80.9 cm³/mol. The van der Waals surface area contributed by atoms with Crippen molar-refractivity contribution in [2.75, 3.05) is 20.2 Å². The summed E-state index contributed by atoms with van der Waals surface area (Å²) in [5.41, 5.74) is -0.0493. The molecule has 2 N–H and O–H groups in total. The zero-order chi connectivity index (χ0) is 12.6. The van der Waals surface area contributed by atoms with Crippen molar-refractivity contribution in [2.45, 2.75) is 39.7 Å². The highest BCUT2D eigenvalue weighted by Gasteiger charge is 2.11. The molecule has 0 unspecified atom stereocenters. The van der Waals surface area contributed by atoms with Gasteiger partial charge in [-0.2, -0.15) is 0 Å². The molecule has 0 aromatic heterocycles. The fourth-order valence-corrected chi connectivity index (χ4v) is 1.02. The van der Waals surface area contributed by atoms with E-state index in [1.54, 1.807) is 0 Å². The summed E-state index contributed by atoms with van der Waals surface area (Å²) < 4.78 is 4.54. The van der Waals surface area contributed by atoms with Gasteiger partial charge < -0.3 is 15.4 Å². The third kappa shape index (κ3) is 11.7. The minimum Gasteiger partial charge on any atom is -0.469 e. The Kier molecular flexibility index (Phi) is 10.5. The molecule has 0 heterocycles. The summed E-state index contributed by atoms with van der Waals surface area (Å²) in [7, 11) is 1.38. The highest BCUT2D eigenvalue weighted by Crippen LogP contribution is 1.98. The van der Waals surface area contributed by atoms with Crippen LogP contribution in [0.4, 0.5) is 0 Å². The van der Waals surface area contributed by atoms with Crippen LogP contribution < -0.4 is 10.6 Å². The van der Waals surface area contributed by atoms with Gasteiger partial charge in [0.15, 0.2) is 5.96 Å². The van der Waals surface area contributed by atoms with Crippen molar-refractivity contribution in [3.8, 4) is 0 Å². The van der Waals surface area contributed by atoms with Crippen molar-refractivity contribution in [3.05, 3.63) is 0 Å². The average Bonchev–Trinajstić information content (AvgIpc) is 2.15. The second-order valence-corrected chi connectivity index (χ2v) is 4.46. The maximum absolute atomic E-state index is 10.9. The molecule has 0 bridgehead atoms. The number of carbonyl (C=O) groups excluding carboxylic acids is 1. The largest absolute Gasteiger partial charge is 0.469 e. The minimum atomic E-state index is -0.240. The standard InChI is InChI=1S/C11H23N3O2.HI/c1-6-12-10(14-11(2,3)4)13-8-7-9(15)16-5;/h6-8H2,1-5H3,(H2,12,13,14);1H. The molecule has 0 amide bonds. The van der Waals surface area contributed by atoms with E-state index in [-0.39, 0.29) is 35.5 Å². The Bertz CT molecular complexity index is 250. The van der Waals surface area contributed by atoms with Gasteiger partial charge in [-0.15, -0.1) is 24.0 Å². The number of aliphatic imine (C=N–C) groups is 1. The molecule has 5 nitrogen and oxygen atoms in total. The van der Waals surface area contributed by atoms with Gasteiger partial charge >= 0.3 is 5.97 Å². The lowest BCUT2D eigenvalue weighted by Gasteiger charge is -2.23. The Labute approximate surface area is 121 Å². The third-order valence-electron chi connectivity index (χ3n) is 1.65. The van der Waals surface area contributed by atoms with E-state index in [0.29, 0.717) is 13.0 Å². The van der Waals surface area contributed by atoms with E-state index in [1.165, 1.54) is 7.11 Å². The Hall–Kier alpha value is -0.530. The number of hydrogen-bond donors (Lipinski definition) is 2. The van der Waals surface area contributed by atoms with Gasteiger partial charge in [-0.3, -0.25) is 9.79 Å². The molecule has 0 radical (unpaired) electrons. The Morgan fingerprint density at radius 3 is 2.35 bits per heavy atom. The number of nitrogens with zero attached hydrogens (tertiary/aromatic N) is 1. The van der Waals surface area contributed by atoms with E-state index < -0.39 is 0 Å². The molecule has 102 valence electrons. The first kappa shape index (κ1) is 18.8. The number of rotatable bonds is 4. The maximum Gasteiger partial charge on any atom is 0.307 e. The molecule has 0 saturated heterocycles. The van der Waals surface area contributed by atoms with Crippen molar-refractivity contribution >= 4 is 35.9 Å². The van der Waals surface area contributed by atoms with E-state index >= 15 is 0 Å². The number of hydrogen-bond acceptors (Lipinski definition) is 3. The maximum atomic E-state index is 10.9. The molecule has 0 aliphatic rings. The molecule has 0 aromatic rings. The third-order valence-corrected chi connectivity index (χ3v) is 1.65. The van der Waals surface area contributed by atoms with E-state index in [4.69, 9.17) is 0 Å². The van der Waals surface area contributed by atoms with Gasteiger partial charge in [0, 0.05) is 12.1 Å². The number of nitrogens with one attached hydrogen (secondary N) is 2. The lowest BCUT2D eigenvalue weighted by Crippen LogP contribution is -2.47. The van der Waals surface area contributed by atoms with Crippen molar-refractivity contribution in [1.82, 2.24) is 10.6 Å². The van der Waals surface area contributed by atoms with Gasteiger partial charge in [0.1, 0.15) is 0 Å². The molecular formula is C11H24IN3O2. The van der Waals surface area contributed by atoms with Gasteiger partial charge in [0.2, 0.25) is 0 Å². The van der Waals surface area contributed by atoms with E-state index in [2.05, 4.69) is 41.1 Å². The van der Waals surface area contributed by atoms with Crippen LogP contribution in [0.1, 0.15) is 34.1 Å². The summed E-state index contributed by atoms with van der Waals surface area (Å²) in [5, 5.41) is 6.35. The SMILES string of the molecule is CCNC(=NCCC(=O)OC)NC(C)(C)C.I. The van der Waals surface area contributed by atoms with Crippen molar-refractivity contribution in [1.29, 1.82) is 0 Å². The van der Waals surface area contributed by atoms with Crippen LogP contribution in [0.15, 0.2) is 4.99 Å². The number of carbonyl (C=O) groups is 1. The summed E-state index contributed by atoms with van der Waals surface area (Å²) in [6.07, 6.45) is 0.303. The van der Waals surface area contributed by atoms with Gasteiger partial charge in [-0.1, -0.05) is 0 Å². The Balaban J connectivity index is 0. The summed E-state index contributed by atoms with van der Waals surface area (Å²) >= 11 is 0. The predicted octanol–water partition coefficient (Wildman–Crippen LogP) is 1.52. The molecule has 0 rings (SSSR count). The molecular weight excluding hydrogens is 333 g/mol. The summed E-state index contributed by atoms with van der Waals surface area (Å²) in [6.45, 7) is 9.39. The first-order chi connectivity index (χ1) is 7.39. The van der Waals surface area contributed by atoms with Gasteiger partial charge in [-0.05, 0) is 27.7 Å². The molecule has 0 aliphatic carbocycles. The molecule has 0 fully saturated rings. The summed E-state index contributed by atoms with van der Waals surface area (Å²) in [5.74, 6) is 0.481. The minimum absolute atomic E-state index is 0. The fraction of sp³-hybridized carbons (Fsp3) is 0.818.